The standard InChI is InChI=1S/C21H38N2O/c1-7-10-12-18(13-11-8-2)19-15-22-17(4)20(23-19)24-16-21(5,6)14-9-3/h15,18H,7-14,16H2,1-6H3. The first-order chi connectivity index (χ1) is 11.4. The molecule has 0 N–H and O–H groups in total. The third-order valence-corrected chi connectivity index (χ3v) is 4.69. The van der Waals surface area contributed by atoms with E-state index in [2.05, 4.69) is 39.6 Å². The summed E-state index contributed by atoms with van der Waals surface area (Å²) in [5.41, 5.74) is 2.20. The van der Waals surface area contributed by atoms with E-state index in [1.807, 2.05) is 13.1 Å². The summed E-state index contributed by atoms with van der Waals surface area (Å²) in [6.45, 7) is 13.9. The molecule has 0 saturated heterocycles. The van der Waals surface area contributed by atoms with Crippen LogP contribution in [0.1, 0.15) is 103 Å². The predicted octanol–water partition coefficient (Wildman–Crippen LogP) is 6.45. The molecule has 0 fully saturated rings. The van der Waals surface area contributed by atoms with Crippen LogP contribution in [0.2, 0.25) is 0 Å². The second-order valence-electron chi connectivity index (χ2n) is 7.87. The first-order valence-corrected chi connectivity index (χ1v) is 9.89. The largest absolute Gasteiger partial charge is 0.476 e. The number of ether oxygens (including phenoxy) is 1. The molecule has 0 aliphatic rings. The van der Waals surface area contributed by atoms with Crippen LogP contribution in [0, 0.1) is 12.3 Å². The molecule has 0 bridgehead atoms. The van der Waals surface area contributed by atoms with Crippen LogP contribution in [0.3, 0.4) is 0 Å². The first kappa shape index (κ1) is 20.9. The molecule has 0 atom stereocenters. The van der Waals surface area contributed by atoms with E-state index < -0.39 is 0 Å². The summed E-state index contributed by atoms with van der Waals surface area (Å²) in [6, 6.07) is 0. The molecule has 0 aliphatic carbocycles. The van der Waals surface area contributed by atoms with Gasteiger partial charge in [-0.25, -0.2) is 4.98 Å². The molecule has 138 valence electrons. The number of hydrogen-bond acceptors (Lipinski definition) is 3. The summed E-state index contributed by atoms with van der Waals surface area (Å²) in [4.78, 5) is 9.43. The van der Waals surface area contributed by atoms with E-state index in [1.54, 1.807) is 0 Å². The minimum absolute atomic E-state index is 0.183. The molecule has 1 heterocycles. The Kier molecular flexibility index (Phi) is 9.31. The Bertz CT molecular complexity index is 463. The number of nitrogens with zero attached hydrogens (tertiary/aromatic N) is 2. The Morgan fingerprint density at radius 1 is 1.04 bits per heavy atom. The van der Waals surface area contributed by atoms with Crippen molar-refractivity contribution in [2.24, 2.45) is 5.41 Å². The summed E-state index contributed by atoms with van der Waals surface area (Å²) >= 11 is 0. The van der Waals surface area contributed by atoms with Gasteiger partial charge in [0.2, 0.25) is 5.88 Å². The van der Waals surface area contributed by atoms with E-state index >= 15 is 0 Å². The second-order valence-corrected chi connectivity index (χ2v) is 7.87. The monoisotopic (exact) mass is 334 g/mol. The van der Waals surface area contributed by atoms with Gasteiger partial charge in [0.05, 0.1) is 18.0 Å². The van der Waals surface area contributed by atoms with Crippen molar-refractivity contribution in [2.75, 3.05) is 6.61 Å². The molecule has 0 spiro atoms. The van der Waals surface area contributed by atoms with Gasteiger partial charge in [0, 0.05) is 12.1 Å². The zero-order chi connectivity index (χ0) is 18.0. The summed E-state index contributed by atoms with van der Waals surface area (Å²) in [6.07, 6.45) is 11.7. The molecule has 0 amide bonds. The summed E-state index contributed by atoms with van der Waals surface area (Å²) in [7, 11) is 0. The molecule has 0 aromatic carbocycles. The number of rotatable bonds is 12. The van der Waals surface area contributed by atoms with Gasteiger partial charge in [-0.2, -0.15) is 0 Å². The SMILES string of the molecule is CCCCC(CCCC)c1cnc(C)c(OCC(C)(C)CCC)n1. The minimum Gasteiger partial charge on any atom is -0.476 e. The molecule has 0 aliphatic heterocycles. The molecule has 3 nitrogen and oxygen atoms in total. The van der Waals surface area contributed by atoms with Gasteiger partial charge in [0.25, 0.3) is 0 Å². The van der Waals surface area contributed by atoms with Gasteiger partial charge in [-0.1, -0.05) is 66.7 Å². The van der Waals surface area contributed by atoms with E-state index in [4.69, 9.17) is 9.72 Å². The van der Waals surface area contributed by atoms with Crippen LogP contribution in [0.15, 0.2) is 6.20 Å². The number of hydrogen-bond donors (Lipinski definition) is 0. The first-order valence-electron chi connectivity index (χ1n) is 9.89. The van der Waals surface area contributed by atoms with Crippen LogP contribution in [0.5, 0.6) is 5.88 Å². The van der Waals surface area contributed by atoms with Gasteiger partial charge in [0.1, 0.15) is 0 Å². The van der Waals surface area contributed by atoms with E-state index in [0.717, 1.165) is 23.7 Å². The Hall–Kier alpha value is -1.12. The van der Waals surface area contributed by atoms with Crippen LogP contribution in [-0.2, 0) is 0 Å². The van der Waals surface area contributed by atoms with Gasteiger partial charge < -0.3 is 4.74 Å². The molecule has 1 aromatic rings. The molecule has 3 heteroatoms. The Morgan fingerprint density at radius 3 is 2.21 bits per heavy atom. The van der Waals surface area contributed by atoms with Crippen molar-refractivity contribution < 1.29 is 4.74 Å². The van der Waals surface area contributed by atoms with Crippen molar-refractivity contribution in [3.05, 3.63) is 17.6 Å². The topological polar surface area (TPSA) is 35.0 Å². The van der Waals surface area contributed by atoms with Crippen LogP contribution in [0.4, 0.5) is 0 Å². The quantitative estimate of drug-likeness (QED) is 0.440. The maximum absolute atomic E-state index is 6.08. The number of unbranched alkanes of at least 4 members (excludes halogenated alkanes) is 2. The summed E-state index contributed by atoms with van der Waals surface area (Å²) < 4.78 is 6.08. The van der Waals surface area contributed by atoms with E-state index in [9.17, 15) is 0 Å². The van der Waals surface area contributed by atoms with Crippen molar-refractivity contribution >= 4 is 0 Å². The minimum atomic E-state index is 0.183. The molecular formula is C21H38N2O. The lowest BCUT2D eigenvalue weighted by molar-refractivity contribution is 0.161. The van der Waals surface area contributed by atoms with Gasteiger partial charge in [0.15, 0.2) is 0 Å². The third kappa shape index (κ3) is 7.19. The molecule has 0 radical (unpaired) electrons. The van der Waals surface area contributed by atoms with Crippen molar-refractivity contribution in [3.63, 3.8) is 0 Å². The fraction of sp³-hybridized carbons (Fsp3) is 0.810. The molecule has 1 aromatic heterocycles. The van der Waals surface area contributed by atoms with Gasteiger partial charge in [-0.3, -0.25) is 4.98 Å². The van der Waals surface area contributed by atoms with E-state index in [0.29, 0.717) is 12.5 Å². The van der Waals surface area contributed by atoms with Gasteiger partial charge in [-0.15, -0.1) is 0 Å². The molecule has 0 unspecified atom stereocenters. The zero-order valence-electron chi connectivity index (χ0n) is 16.8. The lowest BCUT2D eigenvalue weighted by atomic mass is 9.89. The van der Waals surface area contributed by atoms with Crippen LogP contribution in [0.25, 0.3) is 0 Å². The van der Waals surface area contributed by atoms with Gasteiger partial charge >= 0.3 is 0 Å². The third-order valence-electron chi connectivity index (χ3n) is 4.69. The highest BCUT2D eigenvalue weighted by Gasteiger charge is 2.20. The van der Waals surface area contributed by atoms with E-state index in [1.165, 1.54) is 44.9 Å². The fourth-order valence-corrected chi connectivity index (χ4v) is 3.13. The van der Waals surface area contributed by atoms with Crippen LogP contribution in [-0.4, -0.2) is 16.6 Å². The van der Waals surface area contributed by atoms with Gasteiger partial charge in [-0.05, 0) is 31.6 Å². The predicted molar refractivity (Wildman–Crippen MR) is 103 cm³/mol. The Morgan fingerprint density at radius 2 is 1.67 bits per heavy atom. The summed E-state index contributed by atoms with van der Waals surface area (Å²) in [5.74, 6) is 1.25. The molecular weight excluding hydrogens is 296 g/mol. The van der Waals surface area contributed by atoms with E-state index in [-0.39, 0.29) is 5.41 Å². The van der Waals surface area contributed by atoms with Crippen LogP contribution >= 0.6 is 0 Å². The maximum atomic E-state index is 6.08. The average Bonchev–Trinajstić information content (AvgIpc) is 2.54. The highest BCUT2D eigenvalue weighted by atomic mass is 16.5. The molecule has 0 saturated carbocycles. The average molecular weight is 335 g/mol. The summed E-state index contributed by atoms with van der Waals surface area (Å²) in [5, 5.41) is 0. The number of aromatic nitrogens is 2. The smallest absolute Gasteiger partial charge is 0.235 e. The second kappa shape index (κ2) is 10.7. The highest BCUT2D eigenvalue weighted by Crippen LogP contribution is 2.29. The lowest BCUT2D eigenvalue weighted by Gasteiger charge is -2.24. The molecule has 1 rings (SSSR count). The Balaban J connectivity index is 2.85. The van der Waals surface area contributed by atoms with Crippen molar-refractivity contribution in [2.45, 2.75) is 98.8 Å². The Labute approximate surface area is 149 Å². The molecule has 24 heavy (non-hydrogen) atoms. The normalized spacial score (nSPS) is 12.0. The zero-order valence-corrected chi connectivity index (χ0v) is 16.8. The number of aryl methyl sites for hydroxylation is 1. The van der Waals surface area contributed by atoms with Crippen LogP contribution < -0.4 is 4.74 Å². The lowest BCUT2D eigenvalue weighted by Crippen LogP contribution is -2.22. The fourth-order valence-electron chi connectivity index (χ4n) is 3.13. The van der Waals surface area contributed by atoms with Crippen molar-refractivity contribution in [1.29, 1.82) is 0 Å². The highest BCUT2D eigenvalue weighted by molar-refractivity contribution is 5.20. The van der Waals surface area contributed by atoms with Crippen molar-refractivity contribution in [1.82, 2.24) is 9.97 Å². The van der Waals surface area contributed by atoms with Crippen molar-refractivity contribution in [3.8, 4) is 5.88 Å². The maximum Gasteiger partial charge on any atom is 0.235 e.